The van der Waals surface area contributed by atoms with E-state index < -0.39 is 4.92 Å². The molecule has 1 aromatic heterocycles. The minimum Gasteiger partial charge on any atom is -0.376 e. The van der Waals surface area contributed by atoms with Crippen LogP contribution in [0, 0.1) is 10.1 Å². The highest BCUT2D eigenvalue weighted by Gasteiger charge is 2.14. The first-order valence-electron chi connectivity index (χ1n) is 9.10. The molecule has 1 aliphatic heterocycles. The Kier molecular flexibility index (Phi) is 9.65. The van der Waals surface area contributed by atoms with E-state index in [9.17, 15) is 10.1 Å². The molecular formula is C19H25IN4O3S. The van der Waals surface area contributed by atoms with Crippen molar-refractivity contribution in [2.75, 3.05) is 13.2 Å². The number of nitrogens with one attached hydrogen (secondary N) is 2. The van der Waals surface area contributed by atoms with Gasteiger partial charge in [-0.15, -0.1) is 35.3 Å². The number of hydrogen-bond donors (Lipinski definition) is 2. The van der Waals surface area contributed by atoms with Gasteiger partial charge in [0.15, 0.2) is 5.96 Å². The van der Waals surface area contributed by atoms with Gasteiger partial charge in [0, 0.05) is 30.2 Å². The number of benzene rings is 1. The third-order valence-corrected chi connectivity index (χ3v) is 5.22. The maximum atomic E-state index is 10.8. The molecule has 9 heteroatoms. The summed E-state index contributed by atoms with van der Waals surface area (Å²) in [4.78, 5) is 16.2. The number of hydrogen-bond acceptors (Lipinski definition) is 5. The standard InChI is InChI=1S/C19H24N4O3S.HI/c24-23(25)16-8-6-15(7-9-16)12-20-19(22-14-18-5-3-11-27-18)21-13-17-4-1-2-10-26-17;/h3,5-9,11,17H,1-2,4,10,12-14H2,(H2,20,21,22);1H. The number of ether oxygens (including phenoxy) is 1. The van der Waals surface area contributed by atoms with Gasteiger partial charge in [0.1, 0.15) is 0 Å². The zero-order valence-electron chi connectivity index (χ0n) is 15.5. The fourth-order valence-electron chi connectivity index (χ4n) is 2.83. The Morgan fingerprint density at radius 1 is 1.25 bits per heavy atom. The first-order valence-corrected chi connectivity index (χ1v) is 9.98. The van der Waals surface area contributed by atoms with Crippen LogP contribution in [0.5, 0.6) is 0 Å². The minimum atomic E-state index is -0.396. The molecule has 0 spiro atoms. The van der Waals surface area contributed by atoms with Gasteiger partial charge < -0.3 is 15.4 Å². The molecule has 0 bridgehead atoms. The van der Waals surface area contributed by atoms with Crippen molar-refractivity contribution in [3.8, 4) is 0 Å². The van der Waals surface area contributed by atoms with E-state index in [1.807, 2.05) is 11.4 Å². The average Bonchev–Trinajstić information content (AvgIpc) is 3.22. The fourth-order valence-corrected chi connectivity index (χ4v) is 3.48. The molecule has 3 rings (SSSR count). The van der Waals surface area contributed by atoms with Gasteiger partial charge in [-0.3, -0.25) is 10.1 Å². The van der Waals surface area contributed by atoms with Crippen molar-refractivity contribution in [3.05, 3.63) is 62.3 Å². The number of rotatable bonds is 7. The van der Waals surface area contributed by atoms with Crippen LogP contribution in [0.1, 0.15) is 29.7 Å². The van der Waals surface area contributed by atoms with Crippen molar-refractivity contribution in [1.82, 2.24) is 10.6 Å². The monoisotopic (exact) mass is 516 g/mol. The predicted molar refractivity (Wildman–Crippen MR) is 122 cm³/mol. The van der Waals surface area contributed by atoms with E-state index in [4.69, 9.17) is 4.74 Å². The van der Waals surface area contributed by atoms with E-state index >= 15 is 0 Å². The van der Waals surface area contributed by atoms with E-state index in [0.717, 1.165) is 37.5 Å². The molecule has 1 fully saturated rings. The third-order valence-electron chi connectivity index (χ3n) is 4.35. The SMILES string of the molecule is I.O=[N+]([O-])c1ccc(CN=C(NCc2cccs2)NCC2CCCCO2)cc1. The van der Waals surface area contributed by atoms with Crippen LogP contribution in [-0.4, -0.2) is 30.1 Å². The van der Waals surface area contributed by atoms with Gasteiger partial charge >= 0.3 is 0 Å². The Balaban J connectivity index is 0.00000280. The van der Waals surface area contributed by atoms with Crippen LogP contribution in [0.4, 0.5) is 5.69 Å². The highest BCUT2D eigenvalue weighted by atomic mass is 127. The lowest BCUT2D eigenvalue weighted by atomic mass is 10.1. The lowest BCUT2D eigenvalue weighted by Gasteiger charge is -2.23. The van der Waals surface area contributed by atoms with Crippen molar-refractivity contribution < 1.29 is 9.66 Å². The van der Waals surface area contributed by atoms with Gasteiger partial charge in [0.05, 0.1) is 24.1 Å². The van der Waals surface area contributed by atoms with E-state index in [2.05, 4.69) is 21.7 Å². The van der Waals surface area contributed by atoms with Crippen LogP contribution < -0.4 is 10.6 Å². The lowest BCUT2D eigenvalue weighted by Crippen LogP contribution is -2.42. The molecule has 0 radical (unpaired) electrons. The zero-order valence-corrected chi connectivity index (χ0v) is 18.7. The summed E-state index contributed by atoms with van der Waals surface area (Å²) in [5.74, 6) is 0.718. The molecule has 1 aromatic carbocycles. The molecule has 1 unspecified atom stereocenters. The number of guanidine groups is 1. The summed E-state index contributed by atoms with van der Waals surface area (Å²) in [5.41, 5.74) is 1.01. The average molecular weight is 516 g/mol. The molecule has 0 amide bonds. The highest BCUT2D eigenvalue weighted by Crippen LogP contribution is 2.13. The maximum Gasteiger partial charge on any atom is 0.269 e. The molecule has 2 N–H and O–H groups in total. The first kappa shape index (κ1) is 22.6. The van der Waals surface area contributed by atoms with Crippen LogP contribution in [0.2, 0.25) is 0 Å². The molecule has 1 aliphatic rings. The third kappa shape index (κ3) is 7.36. The Morgan fingerprint density at radius 3 is 2.71 bits per heavy atom. The lowest BCUT2D eigenvalue weighted by molar-refractivity contribution is -0.384. The van der Waals surface area contributed by atoms with Gasteiger partial charge in [-0.2, -0.15) is 0 Å². The van der Waals surface area contributed by atoms with Crippen molar-refractivity contribution in [2.45, 2.75) is 38.5 Å². The fraction of sp³-hybridized carbons (Fsp3) is 0.421. The zero-order chi connectivity index (χ0) is 18.9. The molecule has 1 saturated heterocycles. The Hall–Kier alpha value is -1.72. The van der Waals surface area contributed by atoms with E-state index in [0.29, 0.717) is 13.1 Å². The van der Waals surface area contributed by atoms with Gasteiger partial charge in [0.25, 0.3) is 5.69 Å². The van der Waals surface area contributed by atoms with Gasteiger partial charge in [-0.1, -0.05) is 18.2 Å². The second kappa shape index (κ2) is 12.0. The number of non-ortho nitro benzene ring substituents is 1. The Morgan fingerprint density at radius 2 is 2.07 bits per heavy atom. The summed E-state index contributed by atoms with van der Waals surface area (Å²) in [5, 5.41) is 19.5. The quantitative estimate of drug-likeness (QED) is 0.190. The van der Waals surface area contributed by atoms with E-state index in [1.54, 1.807) is 23.5 Å². The second-order valence-corrected chi connectivity index (χ2v) is 7.42. The molecule has 2 heterocycles. The number of nitro benzene ring substituents is 1. The second-order valence-electron chi connectivity index (χ2n) is 6.39. The van der Waals surface area contributed by atoms with E-state index in [-0.39, 0.29) is 35.8 Å². The van der Waals surface area contributed by atoms with Gasteiger partial charge in [-0.25, -0.2) is 4.99 Å². The molecule has 0 saturated carbocycles. The van der Waals surface area contributed by atoms with Crippen LogP contribution in [0.3, 0.4) is 0 Å². The number of halogens is 1. The summed E-state index contributed by atoms with van der Waals surface area (Å²) in [6.07, 6.45) is 3.61. The molecule has 1 atom stereocenters. The first-order chi connectivity index (χ1) is 13.2. The van der Waals surface area contributed by atoms with Crippen molar-refractivity contribution in [1.29, 1.82) is 0 Å². The predicted octanol–water partition coefficient (Wildman–Crippen LogP) is 4.08. The van der Waals surface area contributed by atoms with Crippen LogP contribution in [0.15, 0.2) is 46.8 Å². The molecule has 152 valence electrons. The number of thiophene rings is 1. The van der Waals surface area contributed by atoms with Crippen molar-refractivity contribution in [3.63, 3.8) is 0 Å². The van der Waals surface area contributed by atoms with Crippen LogP contribution in [-0.2, 0) is 17.8 Å². The maximum absolute atomic E-state index is 10.8. The van der Waals surface area contributed by atoms with Crippen molar-refractivity contribution in [2.24, 2.45) is 4.99 Å². The number of nitro groups is 1. The summed E-state index contributed by atoms with van der Waals surface area (Å²) in [6, 6.07) is 10.6. The van der Waals surface area contributed by atoms with Crippen LogP contribution in [0.25, 0.3) is 0 Å². The Bertz CT molecular complexity index is 747. The summed E-state index contributed by atoms with van der Waals surface area (Å²) >= 11 is 1.70. The minimum absolute atomic E-state index is 0. The topological polar surface area (TPSA) is 88.8 Å². The number of nitrogens with zero attached hydrogens (tertiary/aromatic N) is 2. The summed E-state index contributed by atoms with van der Waals surface area (Å²) in [6.45, 7) is 2.69. The largest absolute Gasteiger partial charge is 0.376 e. The van der Waals surface area contributed by atoms with Crippen molar-refractivity contribution >= 4 is 47.0 Å². The van der Waals surface area contributed by atoms with Gasteiger partial charge in [-0.05, 0) is 36.3 Å². The molecular weight excluding hydrogens is 491 g/mol. The van der Waals surface area contributed by atoms with Gasteiger partial charge in [0.2, 0.25) is 0 Å². The normalized spacial score (nSPS) is 16.9. The molecule has 28 heavy (non-hydrogen) atoms. The van der Waals surface area contributed by atoms with E-state index in [1.165, 1.54) is 23.4 Å². The molecule has 2 aromatic rings. The Labute approximate surface area is 185 Å². The molecule has 7 nitrogen and oxygen atoms in total. The smallest absolute Gasteiger partial charge is 0.269 e. The highest BCUT2D eigenvalue weighted by molar-refractivity contribution is 14.0. The summed E-state index contributed by atoms with van der Waals surface area (Å²) < 4.78 is 5.77. The van der Waals surface area contributed by atoms with Crippen LogP contribution >= 0.6 is 35.3 Å². The number of aliphatic imine (C=N–C) groups is 1. The molecule has 0 aliphatic carbocycles. The summed E-state index contributed by atoms with van der Waals surface area (Å²) in [7, 11) is 0.